The molecule has 1 rings (SSSR count). The van der Waals surface area contributed by atoms with E-state index in [1.54, 1.807) is 6.92 Å². The predicted molar refractivity (Wildman–Crippen MR) is 83.5 cm³/mol. The average Bonchev–Trinajstić information content (AvgIpc) is 2.92. The lowest BCUT2D eigenvalue weighted by Crippen LogP contribution is -2.32. The van der Waals surface area contributed by atoms with Gasteiger partial charge in [0.05, 0.1) is 0 Å². The van der Waals surface area contributed by atoms with Gasteiger partial charge in [-0.1, -0.05) is 34.1 Å². The lowest BCUT2D eigenvalue weighted by atomic mass is 10.0. The summed E-state index contributed by atoms with van der Waals surface area (Å²) in [6, 6.07) is 0. The zero-order chi connectivity index (χ0) is 17.4. The summed E-state index contributed by atoms with van der Waals surface area (Å²) in [6.45, 7) is 7.40. The molecule has 0 saturated heterocycles. The van der Waals surface area contributed by atoms with Crippen LogP contribution in [0.2, 0.25) is 0 Å². The molecule has 0 radical (unpaired) electrons. The SMILES string of the molecule is CCC(=O)OC(OC(=O)OC(CC)CC)C1CC(F)C(CC)C1. The molecular weight excluding hydrogens is 303 g/mol. The maximum absolute atomic E-state index is 14.0. The number of esters is 1. The van der Waals surface area contributed by atoms with E-state index in [9.17, 15) is 14.0 Å². The van der Waals surface area contributed by atoms with E-state index in [1.165, 1.54) is 0 Å². The number of hydrogen-bond donors (Lipinski definition) is 0. The topological polar surface area (TPSA) is 61.8 Å². The van der Waals surface area contributed by atoms with Crippen molar-refractivity contribution in [2.24, 2.45) is 11.8 Å². The summed E-state index contributed by atoms with van der Waals surface area (Å²) in [5, 5.41) is 0. The number of ether oxygens (including phenoxy) is 3. The van der Waals surface area contributed by atoms with Gasteiger partial charge in [0.1, 0.15) is 12.3 Å². The molecule has 0 spiro atoms. The summed E-state index contributed by atoms with van der Waals surface area (Å²) in [6.07, 6.45) is -0.0952. The molecule has 134 valence electrons. The van der Waals surface area contributed by atoms with Crippen LogP contribution >= 0.6 is 0 Å². The van der Waals surface area contributed by atoms with Crippen LogP contribution in [0, 0.1) is 11.8 Å². The Kier molecular flexibility index (Phi) is 8.34. The third kappa shape index (κ3) is 5.99. The molecule has 0 aliphatic heterocycles. The summed E-state index contributed by atoms with van der Waals surface area (Å²) in [7, 11) is 0. The van der Waals surface area contributed by atoms with Crippen LogP contribution in [-0.2, 0) is 19.0 Å². The van der Waals surface area contributed by atoms with Gasteiger partial charge < -0.3 is 14.2 Å². The van der Waals surface area contributed by atoms with E-state index in [4.69, 9.17) is 14.2 Å². The Bertz CT molecular complexity index is 383. The molecule has 4 atom stereocenters. The number of rotatable bonds is 8. The monoisotopic (exact) mass is 332 g/mol. The van der Waals surface area contributed by atoms with E-state index >= 15 is 0 Å². The van der Waals surface area contributed by atoms with Gasteiger partial charge in [0.2, 0.25) is 0 Å². The van der Waals surface area contributed by atoms with Crippen molar-refractivity contribution in [2.75, 3.05) is 0 Å². The van der Waals surface area contributed by atoms with Gasteiger partial charge in [0, 0.05) is 12.3 Å². The van der Waals surface area contributed by atoms with Crippen molar-refractivity contribution in [1.82, 2.24) is 0 Å². The quantitative estimate of drug-likeness (QED) is 0.487. The third-order valence-electron chi connectivity index (χ3n) is 4.48. The van der Waals surface area contributed by atoms with Crippen molar-refractivity contribution in [3.05, 3.63) is 0 Å². The Labute approximate surface area is 137 Å². The Morgan fingerprint density at radius 3 is 2.17 bits per heavy atom. The first-order valence-electron chi connectivity index (χ1n) is 8.65. The highest BCUT2D eigenvalue weighted by Crippen LogP contribution is 2.38. The average molecular weight is 332 g/mol. The van der Waals surface area contributed by atoms with Crippen molar-refractivity contribution in [3.63, 3.8) is 0 Å². The fourth-order valence-corrected chi connectivity index (χ4v) is 2.90. The lowest BCUT2D eigenvalue weighted by Gasteiger charge is -2.24. The minimum atomic E-state index is -1.07. The molecule has 1 saturated carbocycles. The molecule has 5 nitrogen and oxygen atoms in total. The molecule has 23 heavy (non-hydrogen) atoms. The van der Waals surface area contributed by atoms with E-state index in [0.717, 1.165) is 0 Å². The molecule has 0 aromatic rings. The van der Waals surface area contributed by atoms with E-state index in [1.807, 2.05) is 20.8 Å². The minimum Gasteiger partial charge on any atom is -0.431 e. The zero-order valence-electron chi connectivity index (χ0n) is 14.5. The van der Waals surface area contributed by atoms with Crippen LogP contribution in [0.5, 0.6) is 0 Å². The molecular formula is C17H29FO5. The van der Waals surface area contributed by atoms with Crippen molar-refractivity contribution >= 4 is 12.1 Å². The van der Waals surface area contributed by atoms with Gasteiger partial charge in [0.15, 0.2) is 0 Å². The molecule has 0 bridgehead atoms. The number of alkyl halides is 1. The van der Waals surface area contributed by atoms with Gasteiger partial charge in [-0.15, -0.1) is 0 Å². The first kappa shape index (κ1) is 19.7. The molecule has 1 fully saturated rings. The van der Waals surface area contributed by atoms with Crippen molar-refractivity contribution in [2.45, 2.75) is 84.8 Å². The molecule has 6 heteroatoms. The Hall–Kier alpha value is -1.33. The fourth-order valence-electron chi connectivity index (χ4n) is 2.90. The Morgan fingerprint density at radius 2 is 1.70 bits per heavy atom. The van der Waals surface area contributed by atoms with Crippen LogP contribution in [0.25, 0.3) is 0 Å². The van der Waals surface area contributed by atoms with Crippen LogP contribution in [0.15, 0.2) is 0 Å². The second-order valence-electron chi connectivity index (χ2n) is 6.05. The molecule has 0 aromatic heterocycles. The minimum absolute atomic E-state index is 0.0820. The number of carbonyl (C=O) groups excluding carboxylic acids is 2. The first-order valence-corrected chi connectivity index (χ1v) is 8.65. The van der Waals surface area contributed by atoms with Crippen LogP contribution < -0.4 is 0 Å². The standard InChI is InChI=1S/C17H29FO5/c1-5-11-9-12(10-14(11)18)16(22-15(19)8-4)23-17(20)21-13(6-2)7-3/h11-14,16H,5-10H2,1-4H3. The highest BCUT2D eigenvalue weighted by molar-refractivity contribution is 5.69. The van der Waals surface area contributed by atoms with Crippen molar-refractivity contribution < 1.29 is 28.2 Å². The highest BCUT2D eigenvalue weighted by Gasteiger charge is 2.41. The van der Waals surface area contributed by atoms with Crippen LogP contribution in [0.4, 0.5) is 9.18 Å². The second kappa shape index (κ2) is 9.73. The maximum Gasteiger partial charge on any atom is 0.511 e. The molecule has 0 amide bonds. The summed E-state index contributed by atoms with van der Waals surface area (Å²) in [4.78, 5) is 23.5. The fraction of sp³-hybridized carbons (Fsp3) is 0.882. The maximum atomic E-state index is 14.0. The van der Waals surface area contributed by atoms with Crippen LogP contribution in [-0.4, -0.2) is 30.7 Å². The molecule has 0 N–H and O–H groups in total. The third-order valence-corrected chi connectivity index (χ3v) is 4.48. The summed E-state index contributed by atoms with van der Waals surface area (Å²) in [5.41, 5.74) is 0. The van der Waals surface area contributed by atoms with E-state index < -0.39 is 24.6 Å². The molecule has 1 aliphatic carbocycles. The summed E-state index contributed by atoms with van der Waals surface area (Å²) in [5.74, 6) is -0.873. The Morgan fingerprint density at radius 1 is 1.04 bits per heavy atom. The summed E-state index contributed by atoms with van der Waals surface area (Å²) >= 11 is 0. The Balaban J connectivity index is 2.69. The molecule has 4 unspecified atom stereocenters. The number of halogens is 1. The van der Waals surface area contributed by atoms with E-state index in [2.05, 4.69) is 0 Å². The molecule has 0 aromatic carbocycles. The van der Waals surface area contributed by atoms with Gasteiger partial charge in [-0.3, -0.25) is 4.79 Å². The zero-order valence-corrected chi connectivity index (χ0v) is 14.5. The molecule has 1 aliphatic rings. The van der Waals surface area contributed by atoms with Gasteiger partial charge in [0.25, 0.3) is 6.29 Å². The van der Waals surface area contributed by atoms with Crippen molar-refractivity contribution in [3.8, 4) is 0 Å². The van der Waals surface area contributed by atoms with E-state index in [-0.39, 0.29) is 30.8 Å². The largest absolute Gasteiger partial charge is 0.511 e. The highest BCUT2D eigenvalue weighted by atomic mass is 19.1. The van der Waals surface area contributed by atoms with Gasteiger partial charge >= 0.3 is 12.1 Å². The number of carbonyl (C=O) groups is 2. The lowest BCUT2D eigenvalue weighted by molar-refractivity contribution is -0.182. The normalized spacial score (nSPS) is 25.2. The van der Waals surface area contributed by atoms with Gasteiger partial charge in [-0.25, -0.2) is 9.18 Å². The number of hydrogen-bond acceptors (Lipinski definition) is 5. The van der Waals surface area contributed by atoms with Crippen molar-refractivity contribution in [1.29, 1.82) is 0 Å². The van der Waals surface area contributed by atoms with Gasteiger partial charge in [-0.05, 0) is 31.6 Å². The first-order chi connectivity index (χ1) is 10.9. The van der Waals surface area contributed by atoms with Crippen LogP contribution in [0.1, 0.15) is 66.2 Å². The second-order valence-corrected chi connectivity index (χ2v) is 6.05. The predicted octanol–water partition coefficient (Wildman–Crippen LogP) is 4.38. The smallest absolute Gasteiger partial charge is 0.431 e. The summed E-state index contributed by atoms with van der Waals surface area (Å²) < 4.78 is 29.6. The van der Waals surface area contributed by atoms with E-state index in [0.29, 0.717) is 25.7 Å². The van der Waals surface area contributed by atoms with Gasteiger partial charge in [-0.2, -0.15) is 0 Å². The van der Waals surface area contributed by atoms with Crippen LogP contribution in [0.3, 0.4) is 0 Å². The molecule has 0 heterocycles.